The van der Waals surface area contributed by atoms with E-state index in [9.17, 15) is 0 Å². The Morgan fingerprint density at radius 2 is 1.50 bits per heavy atom. The van der Waals surface area contributed by atoms with Gasteiger partial charge in [-0.3, -0.25) is 4.81 Å². The fourth-order valence-electron chi connectivity index (χ4n) is 2.37. The Hall–Kier alpha value is -1.84. The summed E-state index contributed by atoms with van der Waals surface area (Å²) in [7, 11) is 0. The van der Waals surface area contributed by atoms with Crippen molar-refractivity contribution in [3.63, 3.8) is 0 Å². The van der Waals surface area contributed by atoms with Crippen LogP contribution in [0, 0.1) is 0 Å². The van der Waals surface area contributed by atoms with Crippen molar-refractivity contribution in [2.45, 2.75) is 0 Å². The minimum Gasteiger partial charge on any atom is -0.292 e. The molecule has 1 aliphatic heterocycles. The highest BCUT2D eigenvalue weighted by Crippen LogP contribution is 2.22. The number of fused-ring (bicyclic) bond motifs is 3. The van der Waals surface area contributed by atoms with E-state index in [1.807, 2.05) is 24.3 Å². The second-order valence-corrected chi connectivity index (χ2v) is 4.22. The van der Waals surface area contributed by atoms with Crippen LogP contribution in [0.25, 0.3) is 11.1 Å². The highest BCUT2D eigenvalue weighted by molar-refractivity contribution is 6.84. The Morgan fingerprint density at radius 1 is 0.944 bits per heavy atom. The molecule has 0 bridgehead atoms. The SMILES string of the molecule is C=CCOOB1c2ccccc2-c2ccccc21. The molecular weight excluding hydrogens is 223 g/mol. The molecular formula is C15H13BO2. The standard InChI is InChI=1S/C15H13BO2/c1-2-11-17-18-16-14-9-5-3-7-12(14)13-8-4-6-10-15(13)16/h2-10H,1,11H2. The first-order chi connectivity index (χ1) is 8.92. The molecule has 0 fully saturated rings. The van der Waals surface area contributed by atoms with Crippen LogP contribution in [0.15, 0.2) is 61.2 Å². The molecule has 18 heavy (non-hydrogen) atoms. The number of hydrogen-bond acceptors (Lipinski definition) is 2. The molecule has 0 aromatic heterocycles. The minimum absolute atomic E-state index is 0.141. The number of rotatable bonds is 4. The second-order valence-electron chi connectivity index (χ2n) is 4.22. The van der Waals surface area contributed by atoms with E-state index in [4.69, 9.17) is 9.69 Å². The summed E-state index contributed by atoms with van der Waals surface area (Å²) < 4.78 is 0. The lowest BCUT2D eigenvalue weighted by atomic mass is 9.59. The van der Waals surface area contributed by atoms with Crippen molar-refractivity contribution < 1.29 is 9.69 Å². The van der Waals surface area contributed by atoms with E-state index in [1.165, 1.54) is 11.1 Å². The maximum absolute atomic E-state index is 5.53. The van der Waals surface area contributed by atoms with Crippen molar-refractivity contribution in [2.75, 3.05) is 6.61 Å². The van der Waals surface area contributed by atoms with Crippen LogP contribution < -0.4 is 10.9 Å². The topological polar surface area (TPSA) is 18.5 Å². The summed E-state index contributed by atoms with van der Waals surface area (Å²) in [5.74, 6) is 0. The second kappa shape index (κ2) is 4.80. The minimum atomic E-state index is -0.141. The van der Waals surface area contributed by atoms with Crippen LogP contribution in [-0.2, 0) is 9.69 Å². The van der Waals surface area contributed by atoms with Gasteiger partial charge >= 0.3 is 6.92 Å². The molecule has 0 saturated heterocycles. The third kappa shape index (κ3) is 1.78. The quantitative estimate of drug-likeness (QED) is 0.265. The van der Waals surface area contributed by atoms with Crippen molar-refractivity contribution in [2.24, 2.45) is 0 Å². The lowest BCUT2D eigenvalue weighted by Gasteiger charge is -2.08. The van der Waals surface area contributed by atoms with Gasteiger partial charge in [0.2, 0.25) is 0 Å². The maximum atomic E-state index is 5.53. The molecule has 2 aromatic carbocycles. The highest BCUT2D eigenvalue weighted by atomic mass is 17.2. The molecule has 0 atom stereocenters. The van der Waals surface area contributed by atoms with E-state index in [2.05, 4.69) is 30.8 Å². The van der Waals surface area contributed by atoms with Crippen LogP contribution in [0.5, 0.6) is 0 Å². The van der Waals surface area contributed by atoms with Gasteiger partial charge in [0.15, 0.2) is 0 Å². The Labute approximate surface area is 107 Å². The largest absolute Gasteiger partial charge is 0.406 e. The van der Waals surface area contributed by atoms with Gasteiger partial charge in [0.25, 0.3) is 0 Å². The van der Waals surface area contributed by atoms with Crippen LogP contribution in [0.1, 0.15) is 0 Å². The highest BCUT2D eigenvalue weighted by Gasteiger charge is 2.34. The Morgan fingerprint density at radius 3 is 2.06 bits per heavy atom. The van der Waals surface area contributed by atoms with Gasteiger partial charge in [0.05, 0.1) is 6.61 Å². The molecule has 2 nitrogen and oxygen atoms in total. The van der Waals surface area contributed by atoms with E-state index in [0.717, 1.165) is 10.9 Å². The molecule has 88 valence electrons. The molecule has 0 radical (unpaired) electrons. The molecule has 1 aliphatic rings. The molecule has 0 spiro atoms. The van der Waals surface area contributed by atoms with Crippen LogP contribution in [0.2, 0.25) is 0 Å². The zero-order valence-corrected chi connectivity index (χ0v) is 10.0. The molecule has 3 heteroatoms. The predicted octanol–water partition coefficient (Wildman–Crippen LogP) is 1.91. The summed E-state index contributed by atoms with van der Waals surface area (Å²) in [5.41, 5.74) is 4.76. The lowest BCUT2D eigenvalue weighted by Crippen LogP contribution is -2.41. The summed E-state index contributed by atoms with van der Waals surface area (Å²) in [6.07, 6.45) is 1.67. The Kier molecular flexibility index (Phi) is 3.01. The van der Waals surface area contributed by atoms with Gasteiger partial charge in [0, 0.05) is 0 Å². The molecule has 0 saturated carbocycles. The number of benzene rings is 2. The zero-order chi connectivity index (χ0) is 12.4. The van der Waals surface area contributed by atoms with Crippen molar-refractivity contribution in [3.8, 4) is 11.1 Å². The zero-order valence-electron chi connectivity index (χ0n) is 10.0. The summed E-state index contributed by atoms with van der Waals surface area (Å²) in [6, 6.07) is 16.5. The molecule has 0 N–H and O–H groups in total. The molecule has 1 heterocycles. The third-order valence-corrected chi connectivity index (χ3v) is 3.13. The van der Waals surface area contributed by atoms with Crippen LogP contribution >= 0.6 is 0 Å². The van der Waals surface area contributed by atoms with Crippen molar-refractivity contribution >= 4 is 17.8 Å². The number of hydrogen-bond donors (Lipinski definition) is 0. The third-order valence-electron chi connectivity index (χ3n) is 3.13. The normalized spacial score (nSPS) is 12.1. The summed E-state index contributed by atoms with van der Waals surface area (Å²) >= 11 is 0. The molecule has 2 aromatic rings. The van der Waals surface area contributed by atoms with Crippen LogP contribution in [0.4, 0.5) is 0 Å². The van der Waals surface area contributed by atoms with E-state index in [-0.39, 0.29) is 6.92 Å². The van der Waals surface area contributed by atoms with Gasteiger partial charge in [-0.2, -0.15) is 0 Å². The average molecular weight is 236 g/mol. The van der Waals surface area contributed by atoms with E-state index in [0.29, 0.717) is 6.61 Å². The molecule has 0 amide bonds. The van der Waals surface area contributed by atoms with Crippen molar-refractivity contribution in [1.29, 1.82) is 0 Å². The van der Waals surface area contributed by atoms with Gasteiger partial charge < -0.3 is 0 Å². The summed E-state index contributed by atoms with van der Waals surface area (Å²) in [5, 5.41) is 0. The van der Waals surface area contributed by atoms with Gasteiger partial charge in [-0.1, -0.05) is 54.6 Å². The smallest absolute Gasteiger partial charge is 0.292 e. The monoisotopic (exact) mass is 236 g/mol. The fourth-order valence-corrected chi connectivity index (χ4v) is 2.37. The van der Waals surface area contributed by atoms with Gasteiger partial charge in [0.1, 0.15) is 0 Å². The van der Waals surface area contributed by atoms with Gasteiger partial charge in [-0.25, -0.2) is 4.89 Å². The first-order valence-electron chi connectivity index (χ1n) is 5.99. The Balaban J connectivity index is 2.01. The van der Waals surface area contributed by atoms with Gasteiger partial charge in [-0.05, 0) is 22.1 Å². The van der Waals surface area contributed by atoms with Crippen molar-refractivity contribution in [1.82, 2.24) is 0 Å². The van der Waals surface area contributed by atoms with E-state index >= 15 is 0 Å². The first kappa shape index (κ1) is 11.3. The van der Waals surface area contributed by atoms with E-state index < -0.39 is 0 Å². The summed E-state index contributed by atoms with van der Waals surface area (Å²) in [6.45, 7) is 3.86. The molecule has 0 unspecified atom stereocenters. The van der Waals surface area contributed by atoms with Crippen LogP contribution in [-0.4, -0.2) is 13.5 Å². The van der Waals surface area contributed by atoms with E-state index in [1.54, 1.807) is 6.08 Å². The van der Waals surface area contributed by atoms with Crippen molar-refractivity contribution in [3.05, 3.63) is 61.2 Å². The average Bonchev–Trinajstić information content (AvgIpc) is 2.74. The van der Waals surface area contributed by atoms with Crippen LogP contribution in [0.3, 0.4) is 0 Å². The summed E-state index contributed by atoms with van der Waals surface area (Å²) in [4.78, 5) is 10.7. The lowest BCUT2D eigenvalue weighted by molar-refractivity contribution is -0.198. The molecule has 0 aliphatic carbocycles. The van der Waals surface area contributed by atoms with Gasteiger partial charge in [-0.15, -0.1) is 6.58 Å². The maximum Gasteiger partial charge on any atom is 0.406 e. The molecule has 3 rings (SSSR count). The fraction of sp³-hybridized carbons (Fsp3) is 0.0667. The first-order valence-corrected chi connectivity index (χ1v) is 5.99. The predicted molar refractivity (Wildman–Crippen MR) is 74.1 cm³/mol. The Bertz CT molecular complexity index is 535.